The van der Waals surface area contributed by atoms with Gasteiger partial charge < -0.3 is 19.7 Å². The van der Waals surface area contributed by atoms with Crippen LogP contribution in [0.15, 0.2) is 41.3 Å². The lowest BCUT2D eigenvalue weighted by Crippen LogP contribution is -2.37. The van der Waals surface area contributed by atoms with Crippen LogP contribution in [0.3, 0.4) is 0 Å². The van der Waals surface area contributed by atoms with E-state index in [2.05, 4.69) is 14.9 Å². The minimum atomic E-state index is -3.77. The standard InChI is InChI=1S/C22H26ClN3O5S/c1-30-19-8-4-15(23)12-18(19)26-10-9-17(13-26)24-22(27)14-3-7-20(31-2)21(11-14)32(28,29)25-16-5-6-16/h3-4,7-8,11-12,16-17,25H,5-6,9-10,13H2,1-2H3,(H,24,27). The highest BCUT2D eigenvalue weighted by Crippen LogP contribution is 2.33. The van der Waals surface area contributed by atoms with Crippen molar-refractivity contribution in [1.29, 1.82) is 0 Å². The average molecular weight is 480 g/mol. The molecule has 1 saturated heterocycles. The molecule has 2 aromatic rings. The number of rotatable bonds is 8. The van der Waals surface area contributed by atoms with E-state index in [-0.39, 0.29) is 34.2 Å². The monoisotopic (exact) mass is 479 g/mol. The molecule has 10 heteroatoms. The fourth-order valence-corrected chi connectivity index (χ4v) is 5.45. The second-order valence-electron chi connectivity index (χ2n) is 7.98. The van der Waals surface area contributed by atoms with E-state index in [1.54, 1.807) is 19.2 Å². The van der Waals surface area contributed by atoms with Crippen LogP contribution < -0.4 is 24.4 Å². The maximum Gasteiger partial charge on any atom is 0.251 e. The van der Waals surface area contributed by atoms with Crippen molar-refractivity contribution in [2.75, 3.05) is 32.2 Å². The van der Waals surface area contributed by atoms with Gasteiger partial charge in [0.05, 0.1) is 19.9 Å². The molecule has 1 aliphatic heterocycles. The third kappa shape index (κ3) is 4.95. The van der Waals surface area contributed by atoms with Crippen molar-refractivity contribution in [3.05, 3.63) is 47.0 Å². The summed E-state index contributed by atoms with van der Waals surface area (Å²) in [4.78, 5) is 15.0. The van der Waals surface area contributed by atoms with Gasteiger partial charge in [-0.25, -0.2) is 13.1 Å². The van der Waals surface area contributed by atoms with Gasteiger partial charge in [-0.1, -0.05) is 11.6 Å². The van der Waals surface area contributed by atoms with Gasteiger partial charge in [-0.3, -0.25) is 4.79 Å². The lowest BCUT2D eigenvalue weighted by Gasteiger charge is -2.22. The molecule has 1 amide bonds. The predicted octanol–water partition coefficient (Wildman–Crippen LogP) is 2.81. The largest absolute Gasteiger partial charge is 0.495 e. The van der Waals surface area contributed by atoms with E-state index in [4.69, 9.17) is 21.1 Å². The van der Waals surface area contributed by atoms with Crippen LogP contribution in [0.25, 0.3) is 0 Å². The molecular formula is C22H26ClN3O5S. The highest BCUT2D eigenvalue weighted by molar-refractivity contribution is 7.89. The molecule has 0 bridgehead atoms. The number of methoxy groups -OCH3 is 2. The molecule has 2 aliphatic rings. The average Bonchev–Trinajstić information content (AvgIpc) is 3.46. The number of ether oxygens (including phenoxy) is 2. The second-order valence-corrected chi connectivity index (χ2v) is 10.1. The molecule has 172 valence electrons. The Morgan fingerprint density at radius 1 is 1.03 bits per heavy atom. The molecule has 8 nitrogen and oxygen atoms in total. The molecule has 4 rings (SSSR count). The molecule has 1 saturated carbocycles. The molecule has 2 aromatic carbocycles. The summed E-state index contributed by atoms with van der Waals surface area (Å²) in [6.45, 7) is 1.32. The summed E-state index contributed by atoms with van der Waals surface area (Å²) in [6, 6.07) is 9.73. The smallest absolute Gasteiger partial charge is 0.251 e. The van der Waals surface area contributed by atoms with Crippen LogP contribution in [0.2, 0.25) is 5.02 Å². The van der Waals surface area contributed by atoms with Crippen LogP contribution in [-0.2, 0) is 10.0 Å². The molecule has 0 aromatic heterocycles. The van der Waals surface area contributed by atoms with Crippen molar-refractivity contribution < 1.29 is 22.7 Å². The Labute approximate surface area is 192 Å². The van der Waals surface area contributed by atoms with Crippen LogP contribution in [0, 0.1) is 0 Å². The molecule has 1 unspecified atom stereocenters. The number of carbonyl (C=O) groups is 1. The highest BCUT2D eigenvalue weighted by Gasteiger charge is 2.31. The third-order valence-electron chi connectivity index (χ3n) is 5.62. The highest BCUT2D eigenvalue weighted by atomic mass is 35.5. The summed E-state index contributed by atoms with van der Waals surface area (Å²) in [5.74, 6) is 0.588. The van der Waals surface area contributed by atoms with E-state index in [0.29, 0.717) is 11.6 Å². The van der Waals surface area contributed by atoms with E-state index in [1.807, 2.05) is 12.1 Å². The zero-order valence-corrected chi connectivity index (χ0v) is 19.5. The number of nitrogens with one attached hydrogen (secondary N) is 2. The first-order valence-corrected chi connectivity index (χ1v) is 12.3. The van der Waals surface area contributed by atoms with E-state index in [1.165, 1.54) is 19.2 Å². The zero-order chi connectivity index (χ0) is 22.9. The van der Waals surface area contributed by atoms with Crippen molar-refractivity contribution in [2.45, 2.75) is 36.2 Å². The summed E-state index contributed by atoms with van der Waals surface area (Å²) in [5.41, 5.74) is 1.14. The van der Waals surface area contributed by atoms with Crippen molar-refractivity contribution in [3.8, 4) is 11.5 Å². The molecular weight excluding hydrogens is 454 g/mol. The number of anilines is 1. The number of nitrogens with zero attached hydrogens (tertiary/aromatic N) is 1. The lowest BCUT2D eigenvalue weighted by molar-refractivity contribution is 0.0940. The van der Waals surface area contributed by atoms with Gasteiger partial charge in [0.1, 0.15) is 16.4 Å². The Kier molecular flexibility index (Phi) is 6.50. The molecule has 2 N–H and O–H groups in total. The van der Waals surface area contributed by atoms with Gasteiger partial charge in [0, 0.05) is 35.8 Å². The number of hydrogen-bond acceptors (Lipinski definition) is 6. The first-order chi connectivity index (χ1) is 15.3. The van der Waals surface area contributed by atoms with Crippen LogP contribution in [0.1, 0.15) is 29.6 Å². The summed E-state index contributed by atoms with van der Waals surface area (Å²) in [6.07, 6.45) is 2.38. The summed E-state index contributed by atoms with van der Waals surface area (Å²) in [5, 5.41) is 3.62. The Bertz CT molecular complexity index is 1120. The number of carbonyl (C=O) groups excluding carboxylic acids is 1. The van der Waals surface area contributed by atoms with Gasteiger partial charge in [-0.2, -0.15) is 0 Å². The van der Waals surface area contributed by atoms with Crippen molar-refractivity contribution in [3.63, 3.8) is 0 Å². The van der Waals surface area contributed by atoms with E-state index in [0.717, 1.165) is 37.2 Å². The van der Waals surface area contributed by atoms with Gasteiger partial charge in [0.15, 0.2) is 0 Å². The lowest BCUT2D eigenvalue weighted by atomic mass is 10.1. The molecule has 1 aliphatic carbocycles. The molecule has 1 heterocycles. The summed E-state index contributed by atoms with van der Waals surface area (Å²) < 4.78 is 38.7. The van der Waals surface area contributed by atoms with Gasteiger partial charge in [0.25, 0.3) is 5.91 Å². The van der Waals surface area contributed by atoms with E-state index in [9.17, 15) is 13.2 Å². The predicted molar refractivity (Wildman–Crippen MR) is 122 cm³/mol. The molecule has 0 radical (unpaired) electrons. The first kappa shape index (κ1) is 22.7. The maximum atomic E-state index is 12.9. The normalized spacial score (nSPS) is 18.5. The van der Waals surface area contributed by atoms with Gasteiger partial charge in [-0.05, 0) is 55.7 Å². The quantitative estimate of drug-likeness (QED) is 0.604. The van der Waals surface area contributed by atoms with Crippen molar-refractivity contribution >= 4 is 33.2 Å². The Hall–Kier alpha value is -2.49. The minimum Gasteiger partial charge on any atom is -0.495 e. The van der Waals surface area contributed by atoms with Crippen LogP contribution in [0.4, 0.5) is 5.69 Å². The summed E-state index contributed by atoms with van der Waals surface area (Å²) in [7, 11) is -0.757. The number of halogens is 1. The number of sulfonamides is 1. The first-order valence-electron chi connectivity index (χ1n) is 10.4. The van der Waals surface area contributed by atoms with Crippen molar-refractivity contribution in [2.24, 2.45) is 0 Å². The number of hydrogen-bond donors (Lipinski definition) is 2. The number of amides is 1. The van der Waals surface area contributed by atoms with Gasteiger partial charge in [-0.15, -0.1) is 0 Å². The third-order valence-corrected chi connectivity index (χ3v) is 7.40. The topological polar surface area (TPSA) is 97.0 Å². The van der Waals surface area contributed by atoms with E-state index >= 15 is 0 Å². The fourth-order valence-electron chi connectivity index (χ4n) is 3.79. The Morgan fingerprint density at radius 3 is 2.44 bits per heavy atom. The second kappa shape index (κ2) is 9.17. The van der Waals surface area contributed by atoms with Crippen molar-refractivity contribution in [1.82, 2.24) is 10.0 Å². The molecule has 0 spiro atoms. The molecule has 2 fully saturated rings. The molecule has 32 heavy (non-hydrogen) atoms. The Balaban J connectivity index is 1.48. The van der Waals surface area contributed by atoms with Gasteiger partial charge >= 0.3 is 0 Å². The summed E-state index contributed by atoms with van der Waals surface area (Å²) >= 11 is 6.15. The van der Waals surface area contributed by atoms with Gasteiger partial charge in [0.2, 0.25) is 10.0 Å². The fraction of sp³-hybridized carbons (Fsp3) is 0.409. The zero-order valence-electron chi connectivity index (χ0n) is 17.9. The maximum absolute atomic E-state index is 12.9. The SMILES string of the molecule is COc1ccc(Cl)cc1N1CCC(NC(=O)c2ccc(OC)c(S(=O)(=O)NC3CC3)c2)C1. The van der Waals surface area contributed by atoms with Crippen LogP contribution >= 0.6 is 11.6 Å². The minimum absolute atomic E-state index is 0.0312. The molecule has 1 atom stereocenters. The van der Waals surface area contributed by atoms with Crippen LogP contribution in [0.5, 0.6) is 11.5 Å². The van der Waals surface area contributed by atoms with Crippen LogP contribution in [-0.4, -0.2) is 53.7 Å². The van der Waals surface area contributed by atoms with E-state index < -0.39 is 10.0 Å². The Morgan fingerprint density at radius 2 is 1.75 bits per heavy atom. The number of benzene rings is 2.